The van der Waals surface area contributed by atoms with Crippen LogP contribution in [0.3, 0.4) is 0 Å². The molecule has 0 spiro atoms. The summed E-state index contributed by atoms with van der Waals surface area (Å²) in [6.07, 6.45) is 0. The highest BCUT2D eigenvalue weighted by Crippen LogP contribution is 2.21. The number of aromatic amines is 1. The first-order valence-corrected chi connectivity index (χ1v) is 6.69. The van der Waals surface area contributed by atoms with E-state index in [9.17, 15) is 4.79 Å². The van der Waals surface area contributed by atoms with Crippen molar-refractivity contribution in [3.05, 3.63) is 36.0 Å². The first-order chi connectivity index (χ1) is 9.84. The van der Waals surface area contributed by atoms with Crippen LogP contribution in [0.15, 0.2) is 30.3 Å². The molecule has 2 aromatic rings. The van der Waals surface area contributed by atoms with Crippen LogP contribution in [-0.4, -0.2) is 22.7 Å². The van der Waals surface area contributed by atoms with Crippen LogP contribution >= 0.6 is 0 Å². The average molecular weight is 288 g/mol. The summed E-state index contributed by atoms with van der Waals surface area (Å²) in [5.41, 5.74) is 7.14. The molecule has 0 saturated heterocycles. The summed E-state index contributed by atoms with van der Waals surface area (Å²) in [5.74, 6) is 0.821. The Morgan fingerprint density at radius 2 is 2.00 bits per heavy atom. The fraction of sp³-hybridized carbons (Fsp3) is 0.333. The largest absolute Gasteiger partial charge is 0.484 e. The zero-order valence-corrected chi connectivity index (χ0v) is 12.4. The molecule has 112 valence electrons. The number of nitrogens with two attached hydrogens (primary N) is 1. The van der Waals surface area contributed by atoms with E-state index in [-0.39, 0.29) is 17.9 Å². The molecule has 2 rings (SSSR count). The van der Waals surface area contributed by atoms with Gasteiger partial charge in [0.2, 0.25) is 0 Å². The lowest BCUT2D eigenvalue weighted by atomic mass is 9.92. The number of benzene rings is 1. The SMILES string of the molecule is CC(C)(C)c1cc(NC(=O)COc2ccc(N)cc2)n[nH]1. The molecule has 0 aliphatic carbocycles. The quantitative estimate of drug-likeness (QED) is 0.753. The Bertz CT molecular complexity index is 611. The van der Waals surface area contributed by atoms with E-state index in [0.29, 0.717) is 17.3 Å². The maximum atomic E-state index is 11.8. The second-order valence-electron chi connectivity index (χ2n) is 5.82. The number of anilines is 2. The van der Waals surface area contributed by atoms with Crippen LogP contribution in [0.25, 0.3) is 0 Å². The third kappa shape index (κ3) is 4.24. The predicted molar refractivity (Wildman–Crippen MR) is 82.3 cm³/mol. The van der Waals surface area contributed by atoms with Crippen LogP contribution in [0, 0.1) is 0 Å². The van der Waals surface area contributed by atoms with E-state index in [1.165, 1.54) is 0 Å². The van der Waals surface area contributed by atoms with Gasteiger partial charge in [0, 0.05) is 22.9 Å². The highest BCUT2D eigenvalue weighted by atomic mass is 16.5. The number of nitrogens with one attached hydrogen (secondary N) is 2. The van der Waals surface area contributed by atoms with Crippen molar-refractivity contribution in [1.29, 1.82) is 0 Å². The second-order valence-corrected chi connectivity index (χ2v) is 5.82. The van der Waals surface area contributed by atoms with E-state index in [1.54, 1.807) is 24.3 Å². The van der Waals surface area contributed by atoms with Crippen LogP contribution in [-0.2, 0) is 10.2 Å². The lowest BCUT2D eigenvalue weighted by Crippen LogP contribution is -2.20. The van der Waals surface area contributed by atoms with Crippen molar-refractivity contribution in [2.45, 2.75) is 26.2 Å². The molecule has 1 aromatic heterocycles. The van der Waals surface area contributed by atoms with Crippen molar-refractivity contribution in [3.63, 3.8) is 0 Å². The molecule has 21 heavy (non-hydrogen) atoms. The molecular weight excluding hydrogens is 268 g/mol. The average Bonchev–Trinajstić information content (AvgIpc) is 2.86. The van der Waals surface area contributed by atoms with Gasteiger partial charge in [0.05, 0.1) is 0 Å². The lowest BCUT2D eigenvalue weighted by molar-refractivity contribution is -0.118. The fourth-order valence-corrected chi connectivity index (χ4v) is 1.66. The maximum absolute atomic E-state index is 11.8. The molecule has 0 aliphatic heterocycles. The highest BCUT2D eigenvalue weighted by molar-refractivity contribution is 5.91. The van der Waals surface area contributed by atoms with Gasteiger partial charge >= 0.3 is 0 Å². The second kappa shape index (κ2) is 5.87. The van der Waals surface area contributed by atoms with Gasteiger partial charge in [0.25, 0.3) is 5.91 Å². The van der Waals surface area contributed by atoms with Crippen LogP contribution in [0.2, 0.25) is 0 Å². The molecule has 0 radical (unpaired) electrons. The lowest BCUT2D eigenvalue weighted by Gasteiger charge is -2.14. The summed E-state index contributed by atoms with van der Waals surface area (Å²) in [6.45, 7) is 6.12. The molecule has 1 aromatic carbocycles. The first kappa shape index (κ1) is 14.9. The Balaban J connectivity index is 1.87. The number of nitrogen functional groups attached to an aromatic ring is 1. The standard InChI is InChI=1S/C15H20N4O2/c1-15(2,3)12-8-13(19-18-12)17-14(20)9-21-11-6-4-10(16)5-7-11/h4-8H,9,16H2,1-3H3,(H2,17,18,19,20). The molecule has 0 unspecified atom stereocenters. The number of amides is 1. The number of carbonyl (C=O) groups excluding carboxylic acids is 1. The van der Waals surface area contributed by atoms with Gasteiger partial charge < -0.3 is 15.8 Å². The first-order valence-electron chi connectivity index (χ1n) is 6.69. The summed E-state index contributed by atoms with van der Waals surface area (Å²) in [6, 6.07) is 8.69. The molecule has 0 saturated carbocycles. The summed E-state index contributed by atoms with van der Waals surface area (Å²) in [7, 11) is 0. The Morgan fingerprint density at radius 1 is 1.33 bits per heavy atom. The van der Waals surface area contributed by atoms with Gasteiger partial charge in [-0.15, -0.1) is 0 Å². The Labute approximate surface area is 123 Å². The van der Waals surface area contributed by atoms with Crippen LogP contribution in [0.1, 0.15) is 26.5 Å². The van der Waals surface area contributed by atoms with Gasteiger partial charge in [0.1, 0.15) is 5.75 Å². The molecule has 4 N–H and O–H groups in total. The molecule has 1 heterocycles. The van der Waals surface area contributed by atoms with Gasteiger partial charge in [0.15, 0.2) is 12.4 Å². The van der Waals surface area contributed by atoms with Crippen LogP contribution in [0.5, 0.6) is 5.75 Å². The number of aromatic nitrogens is 2. The number of hydrogen-bond donors (Lipinski definition) is 3. The number of rotatable bonds is 4. The minimum atomic E-state index is -0.265. The molecular formula is C15H20N4O2. The van der Waals surface area contributed by atoms with E-state index in [4.69, 9.17) is 10.5 Å². The number of nitrogens with zero attached hydrogens (tertiary/aromatic N) is 1. The minimum Gasteiger partial charge on any atom is -0.484 e. The number of H-pyrrole nitrogens is 1. The molecule has 0 bridgehead atoms. The third-order valence-electron chi connectivity index (χ3n) is 2.90. The number of hydrogen-bond acceptors (Lipinski definition) is 4. The van der Waals surface area contributed by atoms with Gasteiger partial charge in [-0.1, -0.05) is 20.8 Å². The van der Waals surface area contributed by atoms with Crippen molar-refractivity contribution in [3.8, 4) is 5.75 Å². The zero-order valence-electron chi connectivity index (χ0n) is 12.4. The predicted octanol–water partition coefficient (Wildman–Crippen LogP) is 2.31. The summed E-state index contributed by atoms with van der Waals surface area (Å²) in [5, 5.41) is 9.66. The summed E-state index contributed by atoms with van der Waals surface area (Å²) >= 11 is 0. The minimum absolute atomic E-state index is 0.0452. The van der Waals surface area contributed by atoms with Crippen molar-refractivity contribution < 1.29 is 9.53 Å². The highest BCUT2D eigenvalue weighted by Gasteiger charge is 2.17. The molecule has 6 heteroatoms. The smallest absolute Gasteiger partial charge is 0.263 e. The number of ether oxygens (including phenoxy) is 1. The van der Waals surface area contributed by atoms with Crippen molar-refractivity contribution in [2.75, 3.05) is 17.7 Å². The Hall–Kier alpha value is -2.50. The van der Waals surface area contributed by atoms with Crippen LogP contribution in [0.4, 0.5) is 11.5 Å². The monoisotopic (exact) mass is 288 g/mol. The molecule has 0 aliphatic rings. The van der Waals surface area contributed by atoms with Crippen molar-refractivity contribution >= 4 is 17.4 Å². The Kier molecular flexibility index (Phi) is 4.16. The van der Waals surface area contributed by atoms with Crippen molar-refractivity contribution in [2.24, 2.45) is 0 Å². The number of carbonyl (C=O) groups is 1. The molecule has 6 nitrogen and oxygen atoms in total. The van der Waals surface area contributed by atoms with Gasteiger partial charge in [-0.2, -0.15) is 5.10 Å². The summed E-state index contributed by atoms with van der Waals surface area (Å²) < 4.78 is 5.36. The van der Waals surface area contributed by atoms with E-state index < -0.39 is 0 Å². The maximum Gasteiger partial charge on any atom is 0.263 e. The van der Waals surface area contributed by atoms with E-state index in [0.717, 1.165) is 5.69 Å². The fourth-order valence-electron chi connectivity index (χ4n) is 1.66. The van der Waals surface area contributed by atoms with Gasteiger partial charge in [-0.3, -0.25) is 9.89 Å². The van der Waals surface area contributed by atoms with E-state index in [2.05, 4.69) is 36.3 Å². The molecule has 1 amide bonds. The molecule has 0 fully saturated rings. The van der Waals surface area contributed by atoms with Gasteiger partial charge in [-0.05, 0) is 24.3 Å². The normalized spacial score (nSPS) is 11.2. The molecule has 0 atom stereocenters. The Morgan fingerprint density at radius 3 is 2.57 bits per heavy atom. The van der Waals surface area contributed by atoms with Crippen molar-refractivity contribution in [1.82, 2.24) is 10.2 Å². The van der Waals surface area contributed by atoms with E-state index in [1.807, 2.05) is 6.07 Å². The van der Waals surface area contributed by atoms with E-state index >= 15 is 0 Å². The topological polar surface area (TPSA) is 93.0 Å². The van der Waals surface area contributed by atoms with Gasteiger partial charge in [-0.25, -0.2) is 0 Å². The zero-order chi connectivity index (χ0) is 15.5. The summed E-state index contributed by atoms with van der Waals surface area (Å²) in [4.78, 5) is 11.8. The third-order valence-corrected chi connectivity index (χ3v) is 2.90. The van der Waals surface area contributed by atoms with Crippen LogP contribution < -0.4 is 15.8 Å².